The van der Waals surface area contributed by atoms with Crippen LogP contribution in [0, 0.1) is 0 Å². The molecule has 0 atom stereocenters. The maximum Gasteiger partial charge on any atom is 0.0551 e. The molecule has 0 spiro atoms. The van der Waals surface area contributed by atoms with Gasteiger partial charge in [-0.3, -0.25) is 0 Å². The van der Waals surface area contributed by atoms with Crippen molar-refractivity contribution in [2.45, 2.75) is 12.8 Å². The standard InChI is InChI=1S/C10H14N2/c1-11-12-8-4-6-9-5-2-3-7-10(9)12/h2-3,5,7,11H,4,6,8H2,1H3. The van der Waals surface area contributed by atoms with Crippen molar-refractivity contribution in [2.24, 2.45) is 0 Å². The van der Waals surface area contributed by atoms with Crippen LogP contribution in [-0.4, -0.2) is 13.6 Å². The number of fused-ring (bicyclic) bond motifs is 1. The quantitative estimate of drug-likeness (QED) is 0.674. The summed E-state index contributed by atoms with van der Waals surface area (Å²) in [5.41, 5.74) is 5.99. The van der Waals surface area contributed by atoms with Crippen molar-refractivity contribution in [1.29, 1.82) is 0 Å². The minimum absolute atomic E-state index is 1.12. The Labute approximate surface area is 73.2 Å². The molecule has 0 aromatic heterocycles. The van der Waals surface area contributed by atoms with E-state index < -0.39 is 0 Å². The average molecular weight is 162 g/mol. The second kappa shape index (κ2) is 3.15. The predicted octanol–water partition coefficient (Wildman–Crippen LogP) is 1.57. The zero-order valence-corrected chi connectivity index (χ0v) is 7.38. The molecule has 1 aliphatic rings. The van der Waals surface area contributed by atoms with Gasteiger partial charge in [0.2, 0.25) is 0 Å². The summed E-state index contributed by atoms with van der Waals surface area (Å²) in [7, 11) is 1.97. The lowest BCUT2D eigenvalue weighted by Crippen LogP contribution is -2.38. The van der Waals surface area contributed by atoms with Gasteiger partial charge in [0.25, 0.3) is 0 Å². The molecule has 2 heteroatoms. The molecular formula is C10H14N2. The fourth-order valence-corrected chi connectivity index (χ4v) is 1.77. The van der Waals surface area contributed by atoms with Crippen LogP contribution in [0.15, 0.2) is 24.3 Å². The van der Waals surface area contributed by atoms with Gasteiger partial charge >= 0.3 is 0 Å². The summed E-state index contributed by atoms with van der Waals surface area (Å²) in [5.74, 6) is 0. The van der Waals surface area contributed by atoms with Crippen LogP contribution in [0.4, 0.5) is 5.69 Å². The number of nitrogens with zero attached hydrogens (tertiary/aromatic N) is 1. The Kier molecular flexibility index (Phi) is 2.00. The number of hydrogen-bond donors (Lipinski definition) is 1. The Morgan fingerprint density at radius 2 is 2.17 bits per heavy atom. The molecule has 2 nitrogen and oxygen atoms in total. The summed E-state index contributed by atoms with van der Waals surface area (Å²) in [6.45, 7) is 1.12. The Bertz CT molecular complexity index is 270. The van der Waals surface area contributed by atoms with E-state index in [1.165, 1.54) is 24.1 Å². The summed E-state index contributed by atoms with van der Waals surface area (Å²) < 4.78 is 0. The molecule has 2 rings (SSSR count). The van der Waals surface area contributed by atoms with E-state index in [1.54, 1.807) is 0 Å². The molecule has 0 fully saturated rings. The summed E-state index contributed by atoms with van der Waals surface area (Å²) in [6, 6.07) is 8.58. The fourth-order valence-electron chi connectivity index (χ4n) is 1.77. The first-order valence-corrected chi connectivity index (χ1v) is 4.44. The lowest BCUT2D eigenvalue weighted by atomic mass is 10.0. The SMILES string of the molecule is CNN1CCCc2ccccc21. The molecule has 1 heterocycles. The lowest BCUT2D eigenvalue weighted by Gasteiger charge is -2.29. The Hall–Kier alpha value is -1.02. The summed E-state index contributed by atoms with van der Waals surface area (Å²) in [6.07, 6.45) is 2.46. The Morgan fingerprint density at radius 3 is 3.00 bits per heavy atom. The van der Waals surface area contributed by atoms with Crippen LogP contribution in [0.1, 0.15) is 12.0 Å². The van der Waals surface area contributed by atoms with Crippen LogP contribution >= 0.6 is 0 Å². The van der Waals surface area contributed by atoms with Gasteiger partial charge in [0.15, 0.2) is 0 Å². The van der Waals surface area contributed by atoms with Crippen molar-refractivity contribution in [1.82, 2.24) is 5.43 Å². The smallest absolute Gasteiger partial charge is 0.0551 e. The maximum atomic E-state index is 3.19. The van der Waals surface area contributed by atoms with E-state index >= 15 is 0 Å². The molecule has 0 amide bonds. The summed E-state index contributed by atoms with van der Waals surface area (Å²) in [4.78, 5) is 0. The first-order chi connectivity index (χ1) is 5.92. The van der Waals surface area contributed by atoms with Crippen LogP contribution in [0.2, 0.25) is 0 Å². The Morgan fingerprint density at radius 1 is 1.33 bits per heavy atom. The van der Waals surface area contributed by atoms with Crippen LogP contribution in [0.3, 0.4) is 0 Å². The van der Waals surface area contributed by atoms with Crippen LogP contribution in [0.25, 0.3) is 0 Å². The topological polar surface area (TPSA) is 15.3 Å². The second-order valence-corrected chi connectivity index (χ2v) is 3.11. The van der Waals surface area contributed by atoms with Crippen molar-refractivity contribution in [2.75, 3.05) is 18.6 Å². The van der Waals surface area contributed by atoms with Crippen molar-refractivity contribution in [3.05, 3.63) is 29.8 Å². The zero-order valence-electron chi connectivity index (χ0n) is 7.38. The molecule has 0 bridgehead atoms. The minimum Gasteiger partial charge on any atom is -0.308 e. The first kappa shape index (κ1) is 7.62. The van der Waals surface area contributed by atoms with E-state index in [9.17, 15) is 0 Å². The Balaban J connectivity index is 2.37. The molecule has 12 heavy (non-hydrogen) atoms. The van der Waals surface area contributed by atoms with Gasteiger partial charge in [-0.2, -0.15) is 0 Å². The van der Waals surface area contributed by atoms with Crippen LogP contribution in [0.5, 0.6) is 0 Å². The van der Waals surface area contributed by atoms with Gasteiger partial charge in [0.1, 0.15) is 0 Å². The van der Waals surface area contributed by atoms with E-state index in [0.717, 1.165) is 6.54 Å². The van der Waals surface area contributed by atoms with Gasteiger partial charge in [-0.25, -0.2) is 5.43 Å². The summed E-state index contributed by atoms with van der Waals surface area (Å²) in [5, 5.41) is 2.21. The number of para-hydroxylation sites is 1. The van der Waals surface area contributed by atoms with Gasteiger partial charge in [0.05, 0.1) is 5.69 Å². The number of hydrazine groups is 1. The molecule has 1 N–H and O–H groups in total. The van der Waals surface area contributed by atoms with Gasteiger partial charge in [0, 0.05) is 13.6 Å². The maximum absolute atomic E-state index is 3.19. The van der Waals surface area contributed by atoms with Gasteiger partial charge < -0.3 is 5.01 Å². The van der Waals surface area contributed by atoms with Gasteiger partial charge in [-0.1, -0.05) is 18.2 Å². The van der Waals surface area contributed by atoms with E-state index in [1.807, 2.05) is 7.05 Å². The number of nitrogens with one attached hydrogen (secondary N) is 1. The van der Waals surface area contributed by atoms with Gasteiger partial charge in [-0.05, 0) is 24.5 Å². The number of hydrogen-bond acceptors (Lipinski definition) is 2. The fraction of sp³-hybridized carbons (Fsp3) is 0.400. The highest BCUT2D eigenvalue weighted by molar-refractivity contribution is 5.54. The lowest BCUT2D eigenvalue weighted by molar-refractivity contribution is 0.633. The molecule has 1 aromatic carbocycles. The molecule has 1 aromatic rings. The molecule has 1 aliphatic heterocycles. The number of aryl methyl sites for hydroxylation is 1. The highest BCUT2D eigenvalue weighted by Crippen LogP contribution is 2.24. The number of benzene rings is 1. The number of rotatable bonds is 1. The van der Waals surface area contributed by atoms with Crippen molar-refractivity contribution < 1.29 is 0 Å². The summed E-state index contributed by atoms with van der Waals surface area (Å²) >= 11 is 0. The molecule has 0 saturated carbocycles. The third kappa shape index (κ3) is 1.18. The van der Waals surface area contributed by atoms with Crippen molar-refractivity contribution in [3.63, 3.8) is 0 Å². The van der Waals surface area contributed by atoms with Crippen LogP contribution in [-0.2, 0) is 6.42 Å². The normalized spacial score (nSPS) is 15.9. The predicted molar refractivity (Wildman–Crippen MR) is 51.2 cm³/mol. The van der Waals surface area contributed by atoms with E-state index in [0.29, 0.717) is 0 Å². The molecule has 64 valence electrons. The van der Waals surface area contributed by atoms with Gasteiger partial charge in [-0.15, -0.1) is 0 Å². The largest absolute Gasteiger partial charge is 0.308 e. The average Bonchev–Trinajstić information content (AvgIpc) is 2.17. The van der Waals surface area contributed by atoms with Crippen LogP contribution < -0.4 is 10.4 Å². The second-order valence-electron chi connectivity index (χ2n) is 3.11. The molecule has 0 radical (unpaired) electrons. The molecule has 0 saturated heterocycles. The van der Waals surface area contributed by atoms with Crippen molar-refractivity contribution >= 4 is 5.69 Å². The van der Waals surface area contributed by atoms with E-state index in [2.05, 4.69) is 34.7 Å². The number of anilines is 1. The third-order valence-electron chi connectivity index (χ3n) is 2.38. The van der Waals surface area contributed by atoms with E-state index in [-0.39, 0.29) is 0 Å². The first-order valence-electron chi connectivity index (χ1n) is 4.44. The van der Waals surface area contributed by atoms with E-state index in [4.69, 9.17) is 0 Å². The monoisotopic (exact) mass is 162 g/mol. The zero-order chi connectivity index (χ0) is 8.39. The minimum atomic E-state index is 1.12. The molecule has 0 aliphatic carbocycles. The molecular weight excluding hydrogens is 148 g/mol. The highest BCUT2D eigenvalue weighted by Gasteiger charge is 2.13. The third-order valence-corrected chi connectivity index (χ3v) is 2.38. The van der Waals surface area contributed by atoms with Crippen molar-refractivity contribution in [3.8, 4) is 0 Å². The highest BCUT2D eigenvalue weighted by atomic mass is 15.5. The molecule has 0 unspecified atom stereocenters.